The van der Waals surface area contributed by atoms with Crippen LogP contribution in [0.4, 0.5) is 0 Å². The van der Waals surface area contributed by atoms with E-state index in [-0.39, 0.29) is 30.2 Å². The molecule has 1 aromatic rings. The second-order valence-electron chi connectivity index (χ2n) is 5.96. The van der Waals surface area contributed by atoms with Crippen molar-refractivity contribution in [3.63, 3.8) is 0 Å². The predicted molar refractivity (Wildman–Crippen MR) is 83.7 cm³/mol. The van der Waals surface area contributed by atoms with Gasteiger partial charge in [0.25, 0.3) is 0 Å². The van der Waals surface area contributed by atoms with Gasteiger partial charge < -0.3 is 10.4 Å². The lowest BCUT2D eigenvalue weighted by atomic mass is 10.1. The molecule has 0 spiro atoms. The van der Waals surface area contributed by atoms with E-state index in [0.29, 0.717) is 5.56 Å². The van der Waals surface area contributed by atoms with Crippen LogP contribution in [0.1, 0.15) is 36.7 Å². The lowest BCUT2D eigenvalue weighted by Crippen LogP contribution is -2.36. The fraction of sp³-hybridized carbons (Fsp3) is 0.467. The summed E-state index contributed by atoms with van der Waals surface area (Å²) >= 11 is 0. The molecule has 0 aliphatic rings. The first-order chi connectivity index (χ1) is 10.0. The third-order valence-electron chi connectivity index (χ3n) is 3.19. The fourth-order valence-corrected chi connectivity index (χ4v) is 2.63. The zero-order valence-electron chi connectivity index (χ0n) is 12.9. The van der Waals surface area contributed by atoms with E-state index in [1.807, 2.05) is 0 Å². The summed E-state index contributed by atoms with van der Waals surface area (Å²) in [5.41, 5.74) is 0.821. The fourth-order valence-electron chi connectivity index (χ4n) is 1.64. The molecule has 1 amide bonds. The monoisotopic (exact) mass is 327 g/mol. The molecule has 6 nitrogen and oxygen atoms in total. The van der Waals surface area contributed by atoms with Crippen molar-refractivity contribution in [2.75, 3.05) is 12.3 Å². The first-order valence-electron chi connectivity index (χ1n) is 6.84. The Labute approximate surface area is 130 Å². The van der Waals surface area contributed by atoms with Crippen LogP contribution >= 0.6 is 0 Å². The van der Waals surface area contributed by atoms with E-state index in [4.69, 9.17) is 5.11 Å². The van der Waals surface area contributed by atoms with Crippen molar-refractivity contribution in [3.8, 4) is 0 Å². The molecule has 0 atom stereocenters. The van der Waals surface area contributed by atoms with Gasteiger partial charge >= 0.3 is 5.97 Å². The average molecular weight is 327 g/mol. The molecule has 0 saturated carbocycles. The molecular formula is C15H21NO5S. The van der Waals surface area contributed by atoms with Gasteiger partial charge in [-0.15, -0.1) is 0 Å². The minimum Gasteiger partial charge on any atom is -0.478 e. The third kappa shape index (κ3) is 5.14. The Morgan fingerprint density at radius 1 is 1.14 bits per heavy atom. The number of carboxylic acids is 1. The van der Waals surface area contributed by atoms with Gasteiger partial charge in [-0.3, -0.25) is 4.79 Å². The molecule has 0 aromatic heterocycles. The van der Waals surface area contributed by atoms with Gasteiger partial charge in [0.2, 0.25) is 5.91 Å². The van der Waals surface area contributed by atoms with Crippen LogP contribution in [-0.2, 0) is 21.1 Å². The van der Waals surface area contributed by atoms with Crippen molar-refractivity contribution in [3.05, 3.63) is 35.4 Å². The van der Waals surface area contributed by atoms with Crippen molar-refractivity contribution in [2.24, 2.45) is 0 Å². The number of carboxylic acid groups (broad SMARTS) is 1. The average Bonchev–Trinajstić information content (AvgIpc) is 2.37. The zero-order chi connectivity index (χ0) is 17.0. The van der Waals surface area contributed by atoms with Crippen LogP contribution in [0.15, 0.2) is 24.3 Å². The highest BCUT2D eigenvalue weighted by Gasteiger charge is 2.28. The van der Waals surface area contributed by atoms with Crippen molar-refractivity contribution in [1.29, 1.82) is 0 Å². The molecular weight excluding hydrogens is 306 g/mol. The maximum absolute atomic E-state index is 11.9. The molecule has 1 aromatic carbocycles. The quantitative estimate of drug-likeness (QED) is 0.819. The van der Waals surface area contributed by atoms with Crippen LogP contribution in [-0.4, -0.2) is 42.4 Å². The molecule has 2 N–H and O–H groups in total. The number of carbonyl (C=O) groups excluding carboxylic acids is 1. The van der Waals surface area contributed by atoms with Gasteiger partial charge in [0, 0.05) is 6.54 Å². The van der Waals surface area contributed by atoms with E-state index < -0.39 is 20.6 Å². The van der Waals surface area contributed by atoms with Crippen molar-refractivity contribution in [2.45, 2.75) is 31.9 Å². The number of amides is 1. The summed E-state index contributed by atoms with van der Waals surface area (Å²) in [6.45, 7) is 4.92. The minimum atomic E-state index is -3.26. The number of rotatable bonds is 6. The molecule has 0 saturated heterocycles. The Morgan fingerprint density at radius 3 is 2.14 bits per heavy atom. The molecule has 0 bridgehead atoms. The van der Waals surface area contributed by atoms with Crippen molar-refractivity contribution < 1.29 is 23.1 Å². The van der Waals surface area contributed by atoms with Gasteiger partial charge in [0.05, 0.1) is 22.5 Å². The Bertz CT molecular complexity index is 642. The number of nitrogens with one attached hydrogen (secondary N) is 1. The van der Waals surface area contributed by atoms with Gasteiger partial charge in [-0.1, -0.05) is 12.1 Å². The maximum atomic E-state index is 11.9. The number of hydrogen-bond donors (Lipinski definition) is 2. The Hall–Kier alpha value is -1.89. The van der Waals surface area contributed by atoms with Crippen LogP contribution in [0.2, 0.25) is 0 Å². The van der Waals surface area contributed by atoms with Crippen molar-refractivity contribution >= 4 is 21.7 Å². The second kappa shape index (κ2) is 6.91. The Kier molecular flexibility index (Phi) is 5.71. The zero-order valence-corrected chi connectivity index (χ0v) is 13.7. The molecule has 0 aliphatic heterocycles. The number of hydrogen-bond acceptors (Lipinski definition) is 4. The summed E-state index contributed by atoms with van der Waals surface area (Å²) < 4.78 is 22.9. The van der Waals surface area contributed by atoms with Crippen LogP contribution < -0.4 is 5.32 Å². The summed E-state index contributed by atoms with van der Waals surface area (Å²) in [6, 6.07) is 5.98. The van der Waals surface area contributed by atoms with E-state index in [9.17, 15) is 18.0 Å². The SMILES string of the molecule is CC(C)(C)S(=O)(=O)CCNC(=O)Cc1ccc(C(=O)O)cc1. The number of sulfone groups is 1. The molecule has 22 heavy (non-hydrogen) atoms. The smallest absolute Gasteiger partial charge is 0.335 e. The Balaban J connectivity index is 2.49. The lowest BCUT2D eigenvalue weighted by Gasteiger charge is -2.19. The van der Waals surface area contributed by atoms with Crippen molar-refractivity contribution in [1.82, 2.24) is 5.32 Å². The maximum Gasteiger partial charge on any atom is 0.335 e. The Morgan fingerprint density at radius 2 is 1.68 bits per heavy atom. The molecule has 1 rings (SSSR count). The van der Waals surface area contributed by atoms with Gasteiger partial charge in [-0.2, -0.15) is 0 Å². The summed E-state index contributed by atoms with van der Waals surface area (Å²) in [4.78, 5) is 22.5. The molecule has 0 aliphatic carbocycles. The van der Waals surface area contributed by atoms with Gasteiger partial charge in [-0.25, -0.2) is 13.2 Å². The van der Waals surface area contributed by atoms with E-state index >= 15 is 0 Å². The molecule has 7 heteroatoms. The standard InChI is InChI=1S/C15H21NO5S/c1-15(2,3)22(20,21)9-8-16-13(17)10-11-4-6-12(7-5-11)14(18)19/h4-7H,8-10H2,1-3H3,(H,16,17)(H,18,19). The van der Waals surface area contributed by atoms with Crippen LogP contribution in [0.5, 0.6) is 0 Å². The molecule has 0 unspecified atom stereocenters. The number of benzene rings is 1. The summed E-state index contributed by atoms with van der Waals surface area (Å²) in [5.74, 6) is -1.43. The highest BCUT2D eigenvalue weighted by Crippen LogP contribution is 2.15. The summed E-state index contributed by atoms with van der Waals surface area (Å²) in [7, 11) is -3.26. The first kappa shape index (κ1) is 18.2. The van der Waals surface area contributed by atoms with Crippen LogP contribution in [0.25, 0.3) is 0 Å². The van der Waals surface area contributed by atoms with Crippen LogP contribution in [0.3, 0.4) is 0 Å². The number of carbonyl (C=O) groups is 2. The molecule has 0 fully saturated rings. The molecule has 122 valence electrons. The first-order valence-corrected chi connectivity index (χ1v) is 8.49. The lowest BCUT2D eigenvalue weighted by molar-refractivity contribution is -0.120. The van der Waals surface area contributed by atoms with E-state index in [1.165, 1.54) is 12.1 Å². The van der Waals surface area contributed by atoms with Gasteiger partial charge in [0.1, 0.15) is 0 Å². The van der Waals surface area contributed by atoms with E-state index in [0.717, 1.165) is 0 Å². The van der Waals surface area contributed by atoms with Crippen LogP contribution in [0, 0.1) is 0 Å². The van der Waals surface area contributed by atoms with Gasteiger partial charge in [0.15, 0.2) is 9.84 Å². The normalized spacial score (nSPS) is 12.0. The predicted octanol–water partition coefficient (Wildman–Crippen LogP) is 1.26. The third-order valence-corrected chi connectivity index (χ3v) is 5.80. The largest absolute Gasteiger partial charge is 0.478 e. The number of aromatic carboxylic acids is 1. The minimum absolute atomic E-state index is 0.0612. The second-order valence-corrected chi connectivity index (χ2v) is 8.82. The summed E-state index contributed by atoms with van der Waals surface area (Å²) in [6.07, 6.45) is 0.0788. The highest BCUT2D eigenvalue weighted by atomic mass is 32.2. The van der Waals surface area contributed by atoms with E-state index in [1.54, 1.807) is 32.9 Å². The molecule has 0 heterocycles. The molecule has 0 radical (unpaired) electrons. The highest BCUT2D eigenvalue weighted by molar-refractivity contribution is 7.92. The van der Waals surface area contributed by atoms with Gasteiger partial charge in [-0.05, 0) is 38.5 Å². The topological polar surface area (TPSA) is 101 Å². The van der Waals surface area contributed by atoms with E-state index in [2.05, 4.69) is 5.32 Å². The summed E-state index contributed by atoms with van der Waals surface area (Å²) in [5, 5.41) is 11.3.